The average Bonchev–Trinajstić information content (AvgIpc) is 3.36. The molecule has 2 aromatic heterocycles. The van der Waals surface area contributed by atoms with Gasteiger partial charge in [0.05, 0.1) is 4.88 Å². The number of thiophene rings is 1. The first-order chi connectivity index (χ1) is 12.7. The third-order valence-electron chi connectivity index (χ3n) is 3.96. The molecule has 0 bridgehead atoms. The molecule has 3 aromatic rings. The van der Waals surface area contributed by atoms with Crippen molar-refractivity contribution in [2.75, 3.05) is 13.2 Å². The first kappa shape index (κ1) is 18.1. The van der Waals surface area contributed by atoms with Crippen molar-refractivity contribution in [3.63, 3.8) is 0 Å². The van der Waals surface area contributed by atoms with E-state index in [4.69, 9.17) is 9.26 Å². The van der Waals surface area contributed by atoms with Crippen LogP contribution in [0.2, 0.25) is 0 Å². The number of aryl methyl sites for hydroxylation is 1. The van der Waals surface area contributed by atoms with Crippen LogP contribution in [-0.4, -0.2) is 34.1 Å². The molecule has 0 aliphatic rings. The first-order valence-electron chi connectivity index (χ1n) is 8.55. The zero-order valence-electron chi connectivity index (χ0n) is 14.8. The zero-order chi connectivity index (χ0) is 18.4. The molecule has 0 saturated carbocycles. The topological polar surface area (TPSA) is 68.5 Å². The number of aromatic nitrogens is 2. The van der Waals surface area contributed by atoms with Crippen molar-refractivity contribution in [2.45, 2.75) is 26.8 Å². The van der Waals surface area contributed by atoms with E-state index in [0.29, 0.717) is 24.0 Å². The summed E-state index contributed by atoms with van der Waals surface area (Å²) in [5.74, 6) is 1.52. The van der Waals surface area contributed by atoms with Gasteiger partial charge in [-0.05, 0) is 42.5 Å². The van der Waals surface area contributed by atoms with Crippen molar-refractivity contribution >= 4 is 17.2 Å². The van der Waals surface area contributed by atoms with Gasteiger partial charge in [-0.1, -0.05) is 30.3 Å². The highest BCUT2D eigenvalue weighted by molar-refractivity contribution is 7.13. The van der Waals surface area contributed by atoms with Crippen LogP contribution >= 0.6 is 11.3 Å². The molecule has 7 heteroatoms. The Labute approximate surface area is 156 Å². The molecule has 136 valence electrons. The molecule has 0 spiro atoms. The highest BCUT2D eigenvalue weighted by Crippen LogP contribution is 2.21. The molecule has 26 heavy (non-hydrogen) atoms. The molecule has 2 heterocycles. The summed E-state index contributed by atoms with van der Waals surface area (Å²) in [6.45, 7) is 4.79. The molecular weight excluding hydrogens is 350 g/mol. The smallest absolute Gasteiger partial charge is 0.260 e. The van der Waals surface area contributed by atoms with Gasteiger partial charge in [-0.25, -0.2) is 0 Å². The molecule has 0 aliphatic carbocycles. The summed E-state index contributed by atoms with van der Waals surface area (Å²) < 4.78 is 10.9. The van der Waals surface area contributed by atoms with Crippen LogP contribution in [0.25, 0.3) is 10.7 Å². The number of benzene rings is 1. The molecule has 0 saturated heterocycles. The molecule has 0 aliphatic heterocycles. The predicted molar refractivity (Wildman–Crippen MR) is 100 cm³/mol. The Balaban J connectivity index is 1.56. The second kappa shape index (κ2) is 8.62. The van der Waals surface area contributed by atoms with Crippen LogP contribution < -0.4 is 4.74 Å². The van der Waals surface area contributed by atoms with E-state index in [1.54, 1.807) is 16.2 Å². The van der Waals surface area contributed by atoms with Gasteiger partial charge in [0.25, 0.3) is 5.91 Å². The Morgan fingerprint density at radius 2 is 2.04 bits per heavy atom. The zero-order valence-corrected chi connectivity index (χ0v) is 15.7. The molecule has 0 N–H and O–H groups in total. The second-order valence-electron chi connectivity index (χ2n) is 5.68. The number of nitrogens with zero attached hydrogens (tertiary/aromatic N) is 3. The van der Waals surface area contributed by atoms with E-state index in [1.807, 2.05) is 48.7 Å². The number of carbonyl (C=O) groups excluding carboxylic acids is 1. The van der Waals surface area contributed by atoms with Crippen LogP contribution in [-0.2, 0) is 17.8 Å². The Kier molecular flexibility index (Phi) is 6.01. The fraction of sp³-hybridized carbons (Fsp3) is 0.316. The van der Waals surface area contributed by atoms with Crippen LogP contribution in [0.3, 0.4) is 0 Å². The molecule has 0 atom stereocenters. The molecule has 6 nitrogen and oxygen atoms in total. The minimum absolute atomic E-state index is 0.0226. The van der Waals surface area contributed by atoms with Crippen LogP contribution in [0.15, 0.2) is 46.3 Å². The number of hydrogen-bond acceptors (Lipinski definition) is 6. The van der Waals surface area contributed by atoms with Crippen molar-refractivity contribution < 1.29 is 14.1 Å². The number of ether oxygens (including phenoxy) is 1. The maximum Gasteiger partial charge on any atom is 0.260 e. The summed E-state index contributed by atoms with van der Waals surface area (Å²) >= 11 is 1.54. The molecule has 1 aromatic carbocycles. The van der Waals surface area contributed by atoms with Gasteiger partial charge in [0.1, 0.15) is 12.3 Å². The molecule has 0 radical (unpaired) electrons. The number of amides is 1. The Morgan fingerprint density at radius 1 is 1.23 bits per heavy atom. The van der Waals surface area contributed by atoms with Gasteiger partial charge >= 0.3 is 0 Å². The number of likely N-dealkylation sites (N-methyl/N-ethyl adjacent to an activating group) is 1. The minimum Gasteiger partial charge on any atom is -0.484 e. The van der Waals surface area contributed by atoms with E-state index in [2.05, 4.69) is 17.1 Å². The van der Waals surface area contributed by atoms with Crippen LogP contribution in [0.5, 0.6) is 5.75 Å². The number of rotatable bonds is 8. The van der Waals surface area contributed by atoms with Crippen molar-refractivity contribution in [1.82, 2.24) is 15.0 Å². The van der Waals surface area contributed by atoms with Crippen LogP contribution in [0.4, 0.5) is 0 Å². The highest BCUT2D eigenvalue weighted by Gasteiger charge is 2.17. The van der Waals surface area contributed by atoms with Crippen LogP contribution in [0, 0.1) is 0 Å². The van der Waals surface area contributed by atoms with Gasteiger partial charge in [0.2, 0.25) is 11.7 Å². The SMILES string of the molecule is CCc1ccc(OCC(=O)N(CC)Cc2nc(-c3cccs3)no2)cc1. The predicted octanol–water partition coefficient (Wildman–Crippen LogP) is 3.79. The Bertz CT molecular complexity index is 828. The summed E-state index contributed by atoms with van der Waals surface area (Å²) in [6, 6.07) is 11.6. The van der Waals surface area contributed by atoms with Crippen molar-refractivity contribution in [3.05, 3.63) is 53.2 Å². The fourth-order valence-corrected chi connectivity index (χ4v) is 3.07. The minimum atomic E-state index is -0.122. The third kappa shape index (κ3) is 4.49. The maximum absolute atomic E-state index is 12.4. The summed E-state index contributed by atoms with van der Waals surface area (Å²) in [6.07, 6.45) is 0.973. The second-order valence-corrected chi connectivity index (χ2v) is 6.63. The quantitative estimate of drug-likeness (QED) is 0.603. The normalized spacial score (nSPS) is 10.7. The molecule has 1 amide bonds. The van der Waals surface area contributed by atoms with Gasteiger partial charge in [-0.3, -0.25) is 4.79 Å². The fourth-order valence-electron chi connectivity index (χ4n) is 2.42. The van der Waals surface area contributed by atoms with Crippen molar-refractivity contribution in [1.29, 1.82) is 0 Å². The van der Waals surface area contributed by atoms with E-state index in [-0.39, 0.29) is 19.1 Å². The first-order valence-corrected chi connectivity index (χ1v) is 9.43. The van der Waals surface area contributed by atoms with E-state index in [0.717, 1.165) is 11.3 Å². The monoisotopic (exact) mass is 371 g/mol. The summed E-state index contributed by atoms with van der Waals surface area (Å²) in [7, 11) is 0. The Hall–Kier alpha value is -2.67. The lowest BCUT2D eigenvalue weighted by atomic mass is 10.2. The maximum atomic E-state index is 12.4. The number of hydrogen-bond donors (Lipinski definition) is 0. The van der Waals surface area contributed by atoms with Crippen LogP contribution in [0.1, 0.15) is 25.3 Å². The lowest BCUT2D eigenvalue weighted by Crippen LogP contribution is -2.34. The molecule has 0 fully saturated rings. The van der Waals surface area contributed by atoms with Gasteiger partial charge in [0, 0.05) is 6.54 Å². The molecular formula is C19H21N3O3S. The highest BCUT2D eigenvalue weighted by atomic mass is 32.1. The largest absolute Gasteiger partial charge is 0.484 e. The lowest BCUT2D eigenvalue weighted by molar-refractivity contribution is -0.134. The van der Waals surface area contributed by atoms with Gasteiger partial charge in [-0.15, -0.1) is 11.3 Å². The van der Waals surface area contributed by atoms with E-state index in [9.17, 15) is 4.79 Å². The van der Waals surface area contributed by atoms with E-state index in [1.165, 1.54) is 5.56 Å². The molecule has 0 unspecified atom stereocenters. The summed E-state index contributed by atoms with van der Waals surface area (Å²) in [5.41, 5.74) is 1.23. The van der Waals surface area contributed by atoms with Gasteiger partial charge in [0.15, 0.2) is 6.61 Å². The van der Waals surface area contributed by atoms with E-state index < -0.39 is 0 Å². The standard InChI is InChI=1S/C19H21N3O3S/c1-3-14-7-9-15(10-8-14)24-13-18(23)22(4-2)12-17-20-19(21-25-17)16-6-5-11-26-16/h5-11H,3-4,12-13H2,1-2H3. The number of carbonyl (C=O) groups is 1. The summed E-state index contributed by atoms with van der Waals surface area (Å²) in [5, 5.41) is 5.93. The van der Waals surface area contributed by atoms with Gasteiger partial charge in [-0.2, -0.15) is 4.98 Å². The van der Waals surface area contributed by atoms with Crippen molar-refractivity contribution in [2.24, 2.45) is 0 Å². The average molecular weight is 371 g/mol. The molecule has 3 rings (SSSR count). The van der Waals surface area contributed by atoms with Crippen molar-refractivity contribution in [3.8, 4) is 16.5 Å². The third-order valence-corrected chi connectivity index (χ3v) is 4.83. The Morgan fingerprint density at radius 3 is 2.69 bits per heavy atom. The summed E-state index contributed by atoms with van der Waals surface area (Å²) in [4.78, 5) is 19.4. The van der Waals surface area contributed by atoms with E-state index >= 15 is 0 Å². The lowest BCUT2D eigenvalue weighted by Gasteiger charge is -2.19. The van der Waals surface area contributed by atoms with Gasteiger partial charge < -0.3 is 14.2 Å².